The van der Waals surface area contributed by atoms with Crippen LogP contribution < -0.4 is 4.89 Å². The molecule has 0 aliphatic rings. The molecule has 0 radical (unpaired) electrons. The van der Waals surface area contributed by atoms with Crippen molar-refractivity contribution in [2.75, 3.05) is 0 Å². The zero-order chi connectivity index (χ0) is 9.68. The van der Waals surface area contributed by atoms with Crippen molar-refractivity contribution in [1.29, 1.82) is 0 Å². The number of hydrogen-bond acceptors (Lipinski definition) is 4. The summed E-state index contributed by atoms with van der Waals surface area (Å²) in [5.74, 6) is -0.736. The lowest BCUT2D eigenvalue weighted by Gasteiger charge is -2.02. The summed E-state index contributed by atoms with van der Waals surface area (Å²) >= 11 is 0. The van der Waals surface area contributed by atoms with E-state index in [1.807, 2.05) is 0 Å². The quantitative estimate of drug-likeness (QED) is 0.434. The van der Waals surface area contributed by atoms with Gasteiger partial charge in [0.1, 0.15) is 0 Å². The van der Waals surface area contributed by atoms with E-state index in [1.165, 1.54) is 12.1 Å². The molecule has 1 rings (SSSR count). The van der Waals surface area contributed by atoms with Crippen LogP contribution in [0.15, 0.2) is 36.9 Å². The Morgan fingerprint density at radius 3 is 2.77 bits per heavy atom. The Bertz CT molecular complexity index is 319. The van der Waals surface area contributed by atoms with Gasteiger partial charge in [0.05, 0.1) is 0 Å². The minimum Gasteiger partial charge on any atom is -0.504 e. The number of phenolic OH excluding ortho intramolecular Hbond substituents is 1. The number of hydrogen-bond donors (Lipinski definition) is 1. The maximum absolute atomic E-state index is 10.5. The molecular formula is C9H8O4. The number of phenols is 1. The van der Waals surface area contributed by atoms with E-state index < -0.39 is 5.97 Å². The fourth-order valence-electron chi connectivity index (χ4n) is 0.648. The van der Waals surface area contributed by atoms with Gasteiger partial charge in [-0.1, -0.05) is 18.7 Å². The van der Waals surface area contributed by atoms with Crippen molar-refractivity contribution in [3.8, 4) is 11.5 Å². The Hall–Kier alpha value is -1.97. The molecule has 0 fully saturated rings. The molecule has 4 heteroatoms. The van der Waals surface area contributed by atoms with Crippen LogP contribution in [0.2, 0.25) is 0 Å². The van der Waals surface area contributed by atoms with Crippen LogP contribution in [-0.2, 0) is 9.68 Å². The lowest BCUT2D eigenvalue weighted by Crippen LogP contribution is -2.03. The van der Waals surface area contributed by atoms with Gasteiger partial charge in [0.15, 0.2) is 5.75 Å². The highest BCUT2D eigenvalue weighted by Crippen LogP contribution is 2.24. The van der Waals surface area contributed by atoms with Gasteiger partial charge in [-0.15, -0.1) is 0 Å². The number of carbonyl (C=O) groups excluding carboxylic acids is 1. The van der Waals surface area contributed by atoms with Crippen molar-refractivity contribution in [3.63, 3.8) is 0 Å². The first-order chi connectivity index (χ1) is 6.24. The van der Waals surface area contributed by atoms with Gasteiger partial charge in [0.2, 0.25) is 5.75 Å². The number of carbonyl (C=O) groups is 1. The smallest absolute Gasteiger partial charge is 0.378 e. The highest BCUT2D eigenvalue weighted by Gasteiger charge is 2.03. The molecule has 0 heterocycles. The fourth-order valence-corrected chi connectivity index (χ4v) is 0.648. The van der Waals surface area contributed by atoms with Crippen molar-refractivity contribution in [2.24, 2.45) is 0 Å². The molecule has 1 aromatic rings. The van der Waals surface area contributed by atoms with E-state index in [0.29, 0.717) is 0 Å². The average Bonchev–Trinajstić information content (AvgIpc) is 2.16. The number of benzene rings is 1. The van der Waals surface area contributed by atoms with E-state index >= 15 is 0 Å². The average molecular weight is 180 g/mol. The first-order valence-corrected chi connectivity index (χ1v) is 3.53. The second-order valence-electron chi connectivity index (χ2n) is 2.16. The highest BCUT2D eigenvalue weighted by atomic mass is 17.2. The normalized spacial score (nSPS) is 8.92. The Morgan fingerprint density at radius 1 is 1.46 bits per heavy atom. The largest absolute Gasteiger partial charge is 0.504 e. The minimum atomic E-state index is -0.719. The van der Waals surface area contributed by atoms with Crippen LogP contribution >= 0.6 is 0 Å². The standard InChI is InChI=1S/C9H8O4/c1-2-9(11)13-12-8-6-4-3-5-7(8)10/h2-6,10H,1H2. The Balaban J connectivity index is 2.59. The molecule has 0 bridgehead atoms. The Kier molecular flexibility index (Phi) is 2.92. The second kappa shape index (κ2) is 4.15. The number of aromatic hydroxyl groups is 1. The van der Waals surface area contributed by atoms with Gasteiger partial charge >= 0.3 is 5.97 Å². The van der Waals surface area contributed by atoms with Crippen LogP contribution in [0.3, 0.4) is 0 Å². The lowest BCUT2D eigenvalue weighted by atomic mass is 10.3. The van der Waals surface area contributed by atoms with Crippen molar-refractivity contribution in [3.05, 3.63) is 36.9 Å². The van der Waals surface area contributed by atoms with Gasteiger partial charge in [-0.2, -0.15) is 0 Å². The maximum Gasteiger partial charge on any atom is 0.378 e. The molecule has 1 aromatic carbocycles. The summed E-state index contributed by atoms with van der Waals surface area (Å²) in [7, 11) is 0. The van der Waals surface area contributed by atoms with Gasteiger partial charge < -0.3 is 5.11 Å². The highest BCUT2D eigenvalue weighted by molar-refractivity contribution is 5.80. The predicted octanol–water partition coefficient (Wildman–Crippen LogP) is 1.42. The van der Waals surface area contributed by atoms with Gasteiger partial charge in [0, 0.05) is 6.08 Å². The van der Waals surface area contributed by atoms with E-state index in [2.05, 4.69) is 16.4 Å². The Labute approximate surface area is 74.9 Å². The third-order valence-electron chi connectivity index (χ3n) is 1.25. The van der Waals surface area contributed by atoms with Crippen LogP contribution in [0.1, 0.15) is 0 Å². The molecule has 1 N–H and O–H groups in total. The van der Waals surface area contributed by atoms with Crippen LogP contribution in [0, 0.1) is 0 Å². The van der Waals surface area contributed by atoms with Gasteiger partial charge in [-0.05, 0) is 12.1 Å². The van der Waals surface area contributed by atoms with Crippen molar-refractivity contribution >= 4 is 5.97 Å². The summed E-state index contributed by atoms with van der Waals surface area (Å²) < 4.78 is 0. The first-order valence-electron chi connectivity index (χ1n) is 3.53. The number of rotatable bonds is 3. The van der Waals surface area contributed by atoms with E-state index in [9.17, 15) is 4.79 Å². The van der Waals surface area contributed by atoms with E-state index in [-0.39, 0.29) is 11.5 Å². The molecule has 4 nitrogen and oxygen atoms in total. The van der Waals surface area contributed by atoms with Crippen LogP contribution in [0.25, 0.3) is 0 Å². The number of para-hydroxylation sites is 2. The SMILES string of the molecule is C=CC(=O)OOc1ccccc1O. The first kappa shape index (κ1) is 9.12. The second-order valence-corrected chi connectivity index (χ2v) is 2.16. The molecule has 0 saturated heterocycles. The molecule has 0 atom stereocenters. The molecular weight excluding hydrogens is 172 g/mol. The zero-order valence-electron chi connectivity index (χ0n) is 6.77. The van der Waals surface area contributed by atoms with Gasteiger partial charge in [0.25, 0.3) is 0 Å². The summed E-state index contributed by atoms with van der Waals surface area (Å²) in [5, 5.41) is 9.15. The van der Waals surface area contributed by atoms with Crippen molar-refractivity contribution in [1.82, 2.24) is 0 Å². The molecule has 0 amide bonds. The molecule has 0 aliphatic heterocycles. The fraction of sp³-hybridized carbons (Fsp3) is 0. The summed E-state index contributed by atoms with van der Waals surface area (Å²) in [5.41, 5.74) is 0. The molecule has 0 aromatic heterocycles. The van der Waals surface area contributed by atoms with Gasteiger partial charge in [-0.25, -0.2) is 9.68 Å². The molecule has 0 aliphatic carbocycles. The van der Waals surface area contributed by atoms with E-state index in [1.54, 1.807) is 12.1 Å². The minimum absolute atomic E-state index is 0.0812. The van der Waals surface area contributed by atoms with Crippen molar-refractivity contribution in [2.45, 2.75) is 0 Å². The van der Waals surface area contributed by atoms with Crippen LogP contribution in [-0.4, -0.2) is 11.1 Å². The van der Waals surface area contributed by atoms with Crippen LogP contribution in [0.5, 0.6) is 11.5 Å². The summed E-state index contributed by atoms with van der Waals surface area (Å²) in [6.45, 7) is 3.18. The third-order valence-corrected chi connectivity index (χ3v) is 1.25. The molecule has 0 saturated carbocycles. The molecule has 0 unspecified atom stereocenters. The summed E-state index contributed by atoms with van der Waals surface area (Å²) in [6, 6.07) is 6.14. The monoisotopic (exact) mass is 180 g/mol. The van der Waals surface area contributed by atoms with Gasteiger partial charge in [-0.3, -0.25) is 4.89 Å². The zero-order valence-corrected chi connectivity index (χ0v) is 6.77. The third kappa shape index (κ3) is 2.52. The molecule has 13 heavy (non-hydrogen) atoms. The maximum atomic E-state index is 10.5. The summed E-state index contributed by atoms with van der Waals surface area (Å²) in [6.07, 6.45) is 0.958. The van der Waals surface area contributed by atoms with E-state index in [4.69, 9.17) is 5.11 Å². The lowest BCUT2D eigenvalue weighted by molar-refractivity contribution is -0.207. The van der Waals surface area contributed by atoms with Crippen molar-refractivity contribution < 1.29 is 19.7 Å². The van der Waals surface area contributed by atoms with E-state index in [0.717, 1.165) is 6.08 Å². The predicted molar refractivity (Wildman–Crippen MR) is 45.0 cm³/mol. The topological polar surface area (TPSA) is 55.8 Å². The molecule has 68 valence electrons. The summed E-state index contributed by atoms with van der Waals surface area (Å²) in [4.78, 5) is 19.3. The van der Waals surface area contributed by atoms with Crippen LogP contribution in [0.4, 0.5) is 0 Å². The molecule has 0 spiro atoms. The Morgan fingerprint density at radius 2 is 2.15 bits per heavy atom.